The maximum absolute atomic E-state index is 3.35. The van der Waals surface area contributed by atoms with Crippen molar-refractivity contribution >= 4 is 0 Å². The number of hydrogen-bond acceptors (Lipinski definition) is 0. The van der Waals surface area contributed by atoms with Crippen molar-refractivity contribution in [1.29, 1.82) is 0 Å². The lowest BCUT2D eigenvalue weighted by molar-refractivity contribution is 1.07. The first-order chi connectivity index (χ1) is 5.27. The lowest BCUT2D eigenvalue weighted by atomic mass is 10.0. The summed E-state index contributed by atoms with van der Waals surface area (Å²) in [6, 6.07) is 8.67. The van der Waals surface area contributed by atoms with Gasteiger partial charge in [-0.1, -0.05) is 19.9 Å². The van der Waals surface area contributed by atoms with E-state index in [1.54, 1.807) is 0 Å². The topological polar surface area (TPSA) is 0 Å². The fraction of sp³-hybridized carbons (Fsp3) is 0.455. The molecule has 1 aromatic carbocycles. The molecule has 0 aliphatic carbocycles. The SMILES string of the molecule is CCc1[c]c(C)c(CC)[c]c1. The molecule has 0 spiro atoms. The zero-order valence-corrected chi connectivity index (χ0v) is 7.49. The first-order valence-electron chi connectivity index (χ1n) is 4.20. The van der Waals surface area contributed by atoms with Crippen LogP contribution in [0.3, 0.4) is 0 Å². The van der Waals surface area contributed by atoms with E-state index in [0.29, 0.717) is 0 Å². The standard InChI is InChI=1S/C11H14/c1-4-10-6-7-11(5-2)9(3)8-10/h6H,4-5H2,1-3H3. The molecule has 58 valence electrons. The smallest absolute Gasteiger partial charge is 0.0114 e. The van der Waals surface area contributed by atoms with Crippen LogP contribution in [-0.4, -0.2) is 0 Å². The Kier molecular flexibility index (Phi) is 2.70. The summed E-state index contributed by atoms with van der Waals surface area (Å²) in [6.45, 7) is 6.40. The molecule has 11 heavy (non-hydrogen) atoms. The zero-order valence-electron chi connectivity index (χ0n) is 7.49. The summed E-state index contributed by atoms with van der Waals surface area (Å²) in [5.74, 6) is 0. The molecule has 0 saturated heterocycles. The molecule has 0 bridgehead atoms. The molecule has 0 aliphatic rings. The molecule has 0 nitrogen and oxygen atoms in total. The van der Waals surface area contributed by atoms with Gasteiger partial charge in [-0.15, -0.1) is 0 Å². The third-order valence-electron chi connectivity index (χ3n) is 1.96. The Labute approximate surface area is 69.3 Å². The van der Waals surface area contributed by atoms with E-state index in [4.69, 9.17) is 0 Å². The van der Waals surface area contributed by atoms with Gasteiger partial charge in [0.15, 0.2) is 0 Å². The predicted octanol–water partition coefficient (Wildman–Crippen LogP) is 2.72. The van der Waals surface area contributed by atoms with Gasteiger partial charge in [0, 0.05) is 0 Å². The molecule has 0 amide bonds. The molecule has 0 N–H and O–H groups in total. The van der Waals surface area contributed by atoms with Crippen LogP contribution < -0.4 is 0 Å². The van der Waals surface area contributed by atoms with Gasteiger partial charge in [0.1, 0.15) is 0 Å². The lowest BCUT2D eigenvalue weighted by Gasteiger charge is -2.02. The van der Waals surface area contributed by atoms with Crippen LogP contribution in [0.25, 0.3) is 0 Å². The second-order valence-corrected chi connectivity index (χ2v) is 2.75. The van der Waals surface area contributed by atoms with Crippen LogP contribution in [-0.2, 0) is 12.8 Å². The molecule has 2 radical (unpaired) electrons. The van der Waals surface area contributed by atoms with Crippen LogP contribution in [0.15, 0.2) is 6.07 Å². The minimum absolute atomic E-state index is 1.06. The Morgan fingerprint density at radius 1 is 1.27 bits per heavy atom. The van der Waals surface area contributed by atoms with Crippen molar-refractivity contribution in [3.05, 3.63) is 34.9 Å². The van der Waals surface area contributed by atoms with Gasteiger partial charge in [-0.3, -0.25) is 0 Å². The third-order valence-corrected chi connectivity index (χ3v) is 1.96. The zero-order chi connectivity index (χ0) is 8.27. The van der Waals surface area contributed by atoms with Crippen LogP contribution in [0, 0.1) is 19.1 Å². The molecule has 0 unspecified atom stereocenters. The van der Waals surface area contributed by atoms with Crippen LogP contribution in [0.4, 0.5) is 0 Å². The van der Waals surface area contributed by atoms with Crippen LogP contribution in [0.5, 0.6) is 0 Å². The highest BCUT2D eigenvalue weighted by Gasteiger charge is 1.96. The summed E-state index contributed by atoms with van der Waals surface area (Å²) in [7, 11) is 0. The summed E-state index contributed by atoms with van der Waals surface area (Å²) in [4.78, 5) is 0. The van der Waals surface area contributed by atoms with Gasteiger partial charge in [-0.2, -0.15) is 0 Å². The van der Waals surface area contributed by atoms with Crippen LogP contribution >= 0.6 is 0 Å². The van der Waals surface area contributed by atoms with Crippen LogP contribution in [0.2, 0.25) is 0 Å². The predicted molar refractivity (Wildman–Crippen MR) is 47.6 cm³/mol. The summed E-state index contributed by atoms with van der Waals surface area (Å²) in [6.07, 6.45) is 2.12. The molecule has 0 atom stereocenters. The van der Waals surface area contributed by atoms with Crippen molar-refractivity contribution in [3.63, 3.8) is 0 Å². The van der Waals surface area contributed by atoms with Gasteiger partial charge in [0.25, 0.3) is 0 Å². The fourth-order valence-corrected chi connectivity index (χ4v) is 1.19. The van der Waals surface area contributed by atoms with Crippen molar-refractivity contribution in [3.8, 4) is 0 Å². The van der Waals surface area contributed by atoms with Gasteiger partial charge < -0.3 is 0 Å². The fourth-order valence-electron chi connectivity index (χ4n) is 1.19. The molecule has 1 rings (SSSR count). The van der Waals surface area contributed by atoms with E-state index < -0.39 is 0 Å². The van der Waals surface area contributed by atoms with Gasteiger partial charge in [0.05, 0.1) is 0 Å². The molecule has 0 saturated carbocycles. The molecule has 0 heteroatoms. The highest BCUT2D eigenvalue weighted by atomic mass is 14.0. The van der Waals surface area contributed by atoms with E-state index in [-0.39, 0.29) is 0 Å². The molecule has 0 aromatic heterocycles. The molecular formula is C11H14. The molecule has 0 aliphatic heterocycles. The highest BCUT2D eigenvalue weighted by molar-refractivity contribution is 5.28. The maximum atomic E-state index is 3.35. The Hall–Kier alpha value is -0.780. The number of benzene rings is 1. The van der Waals surface area contributed by atoms with Crippen LogP contribution in [0.1, 0.15) is 30.5 Å². The Morgan fingerprint density at radius 3 is 2.45 bits per heavy atom. The number of aryl methyl sites for hydroxylation is 3. The number of hydrogen-bond donors (Lipinski definition) is 0. The first kappa shape index (κ1) is 8.32. The summed E-state index contributed by atoms with van der Waals surface area (Å²) < 4.78 is 0. The van der Waals surface area contributed by atoms with E-state index in [9.17, 15) is 0 Å². The normalized spacial score (nSPS) is 10.1. The minimum atomic E-state index is 1.06. The first-order valence-corrected chi connectivity index (χ1v) is 4.20. The van der Waals surface area contributed by atoms with Crippen molar-refractivity contribution in [2.75, 3.05) is 0 Å². The van der Waals surface area contributed by atoms with E-state index >= 15 is 0 Å². The average molecular weight is 146 g/mol. The van der Waals surface area contributed by atoms with E-state index in [2.05, 4.69) is 32.9 Å². The van der Waals surface area contributed by atoms with Crippen molar-refractivity contribution in [2.24, 2.45) is 0 Å². The van der Waals surface area contributed by atoms with E-state index in [0.717, 1.165) is 12.8 Å². The largest absolute Gasteiger partial charge is 0.0613 e. The quantitative estimate of drug-likeness (QED) is 0.601. The van der Waals surface area contributed by atoms with Crippen molar-refractivity contribution in [2.45, 2.75) is 33.6 Å². The Balaban J connectivity index is 2.99. The van der Waals surface area contributed by atoms with E-state index in [1.165, 1.54) is 16.7 Å². The Bertz CT molecular complexity index is 236. The monoisotopic (exact) mass is 146 g/mol. The molecular weight excluding hydrogens is 132 g/mol. The van der Waals surface area contributed by atoms with Gasteiger partial charge >= 0.3 is 0 Å². The number of rotatable bonds is 2. The lowest BCUT2D eigenvalue weighted by Crippen LogP contribution is -1.89. The highest BCUT2D eigenvalue weighted by Crippen LogP contribution is 2.10. The van der Waals surface area contributed by atoms with Gasteiger partial charge in [0.2, 0.25) is 0 Å². The minimum Gasteiger partial charge on any atom is -0.0613 e. The van der Waals surface area contributed by atoms with Crippen molar-refractivity contribution < 1.29 is 0 Å². The second kappa shape index (κ2) is 3.56. The molecule has 0 heterocycles. The van der Waals surface area contributed by atoms with E-state index in [1.807, 2.05) is 6.07 Å². The maximum Gasteiger partial charge on any atom is -0.0114 e. The van der Waals surface area contributed by atoms with Gasteiger partial charge in [-0.25, -0.2) is 0 Å². The molecule has 1 aromatic rings. The van der Waals surface area contributed by atoms with Crippen molar-refractivity contribution in [1.82, 2.24) is 0 Å². The average Bonchev–Trinajstić information content (AvgIpc) is 2.04. The summed E-state index contributed by atoms with van der Waals surface area (Å²) >= 11 is 0. The second-order valence-electron chi connectivity index (χ2n) is 2.75. The third kappa shape index (κ3) is 1.83. The Morgan fingerprint density at radius 2 is 2.00 bits per heavy atom. The van der Waals surface area contributed by atoms with Gasteiger partial charge in [-0.05, 0) is 48.6 Å². The molecule has 0 fully saturated rings. The summed E-state index contributed by atoms with van der Waals surface area (Å²) in [5.41, 5.74) is 3.81. The summed E-state index contributed by atoms with van der Waals surface area (Å²) in [5, 5.41) is 0.